The van der Waals surface area contributed by atoms with Crippen LogP contribution in [0.5, 0.6) is 6.01 Å². The maximum Gasteiger partial charge on any atom is 0.323 e. The van der Waals surface area contributed by atoms with E-state index in [0.717, 1.165) is 25.9 Å². The minimum absolute atomic E-state index is 0.387. The molecule has 0 atom stereocenters. The van der Waals surface area contributed by atoms with Crippen LogP contribution in [0.1, 0.15) is 46.5 Å². The minimum atomic E-state index is 0.387. The molecule has 1 heterocycles. The lowest BCUT2D eigenvalue weighted by molar-refractivity contribution is 0.312. The summed E-state index contributed by atoms with van der Waals surface area (Å²) in [6, 6.07) is 0.387. The standard InChI is InChI=1S/C14H27N5O/c1-5-8-9-11-19(4)13-16-12(15-10-6-2)17-14(18-13)20-7-3/h5-11H2,1-4H3,(H,15,16,17,18). The van der Waals surface area contributed by atoms with Gasteiger partial charge in [-0.25, -0.2) is 0 Å². The molecule has 0 radical (unpaired) electrons. The van der Waals surface area contributed by atoms with Gasteiger partial charge in [-0.1, -0.05) is 26.7 Å². The number of ether oxygens (including phenoxy) is 1. The van der Waals surface area contributed by atoms with Gasteiger partial charge < -0.3 is 15.0 Å². The fourth-order valence-corrected chi connectivity index (χ4v) is 1.73. The van der Waals surface area contributed by atoms with Crippen LogP contribution in [0.4, 0.5) is 11.9 Å². The number of anilines is 2. The molecule has 1 aromatic rings. The second-order valence-corrected chi connectivity index (χ2v) is 4.73. The third-order valence-corrected chi connectivity index (χ3v) is 2.85. The smallest absolute Gasteiger partial charge is 0.323 e. The molecule has 0 saturated heterocycles. The SMILES string of the molecule is CCCCCN(C)c1nc(NCCC)nc(OCC)n1. The van der Waals surface area contributed by atoms with Crippen LogP contribution in [0, 0.1) is 0 Å². The molecule has 0 aromatic carbocycles. The highest BCUT2D eigenvalue weighted by molar-refractivity contribution is 5.37. The largest absolute Gasteiger partial charge is 0.464 e. The molecule has 0 amide bonds. The Morgan fingerprint density at radius 2 is 1.85 bits per heavy atom. The van der Waals surface area contributed by atoms with Crippen LogP contribution >= 0.6 is 0 Å². The first kappa shape index (κ1) is 16.5. The first-order chi connectivity index (χ1) is 9.71. The van der Waals surface area contributed by atoms with Gasteiger partial charge in [-0.05, 0) is 19.8 Å². The van der Waals surface area contributed by atoms with Gasteiger partial charge in [-0.2, -0.15) is 15.0 Å². The third kappa shape index (κ3) is 5.59. The van der Waals surface area contributed by atoms with E-state index in [4.69, 9.17) is 4.74 Å². The zero-order valence-electron chi connectivity index (χ0n) is 13.1. The van der Waals surface area contributed by atoms with E-state index in [-0.39, 0.29) is 0 Å². The minimum Gasteiger partial charge on any atom is -0.464 e. The van der Waals surface area contributed by atoms with Gasteiger partial charge in [0, 0.05) is 20.1 Å². The molecule has 1 N–H and O–H groups in total. The Hall–Kier alpha value is -1.59. The van der Waals surface area contributed by atoms with Crippen molar-refractivity contribution in [2.75, 3.05) is 37.0 Å². The summed E-state index contributed by atoms with van der Waals surface area (Å²) in [4.78, 5) is 15.1. The zero-order valence-corrected chi connectivity index (χ0v) is 13.1. The summed E-state index contributed by atoms with van der Waals surface area (Å²) in [5.41, 5.74) is 0. The van der Waals surface area contributed by atoms with Crippen LogP contribution in [-0.4, -0.2) is 41.7 Å². The number of nitrogens with one attached hydrogen (secondary N) is 1. The van der Waals surface area contributed by atoms with Gasteiger partial charge in [0.2, 0.25) is 11.9 Å². The van der Waals surface area contributed by atoms with Gasteiger partial charge in [-0.3, -0.25) is 0 Å². The summed E-state index contributed by atoms with van der Waals surface area (Å²) in [6.45, 7) is 8.56. The molecule has 114 valence electrons. The molecule has 0 spiro atoms. The van der Waals surface area contributed by atoms with Crippen molar-refractivity contribution in [1.82, 2.24) is 15.0 Å². The van der Waals surface area contributed by atoms with Crippen molar-refractivity contribution in [3.63, 3.8) is 0 Å². The van der Waals surface area contributed by atoms with Gasteiger partial charge >= 0.3 is 6.01 Å². The molecular formula is C14H27N5O. The molecule has 1 aromatic heterocycles. The summed E-state index contributed by atoms with van der Waals surface area (Å²) in [5, 5.41) is 3.19. The van der Waals surface area contributed by atoms with Crippen molar-refractivity contribution in [3.05, 3.63) is 0 Å². The van der Waals surface area contributed by atoms with E-state index in [9.17, 15) is 0 Å². The molecule has 1 rings (SSSR count). The Bertz CT molecular complexity index is 386. The van der Waals surface area contributed by atoms with E-state index in [1.54, 1.807) is 0 Å². The molecule has 0 aliphatic carbocycles. The van der Waals surface area contributed by atoms with Crippen LogP contribution in [-0.2, 0) is 0 Å². The molecule has 0 saturated carbocycles. The summed E-state index contributed by atoms with van der Waals surface area (Å²) in [5.74, 6) is 1.25. The van der Waals surface area contributed by atoms with Crippen LogP contribution in [0.25, 0.3) is 0 Å². The molecule has 0 aliphatic rings. The average Bonchev–Trinajstić information content (AvgIpc) is 2.45. The summed E-state index contributed by atoms with van der Waals surface area (Å²) >= 11 is 0. The van der Waals surface area contributed by atoms with E-state index >= 15 is 0 Å². The van der Waals surface area contributed by atoms with Gasteiger partial charge in [0.15, 0.2) is 0 Å². The Morgan fingerprint density at radius 3 is 2.50 bits per heavy atom. The van der Waals surface area contributed by atoms with Crippen LogP contribution < -0.4 is 15.0 Å². The fraction of sp³-hybridized carbons (Fsp3) is 0.786. The second-order valence-electron chi connectivity index (χ2n) is 4.73. The van der Waals surface area contributed by atoms with Crippen molar-refractivity contribution in [1.29, 1.82) is 0 Å². The molecule has 0 aliphatic heterocycles. The Balaban J connectivity index is 2.78. The molecule has 0 unspecified atom stereocenters. The molecule has 0 bridgehead atoms. The number of hydrogen-bond acceptors (Lipinski definition) is 6. The Labute approximate surface area is 122 Å². The van der Waals surface area contributed by atoms with Crippen LogP contribution in [0.3, 0.4) is 0 Å². The molecule has 6 heteroatoms. The fourth-order valence-electron chi connectivity index (χ4n) is 1.73. The van der Waals surface area contributed by atoms with E-state index in [0.29, 0.717) is 24.5 Å². The van der Waals surface area contributed by atoms with E-state index in [1.807, 2.05) is 14.0 Å². The maximum atomic E-state index is 5.41. The van der Waals surface area contributed by atoms with Crippen molar-refractivity contribution >= 4 is 11.9 Å². The summed E-state index contributed by atoms with van der Waals surface area (Å²) < 4.78 is 5.41. The molecular weight excluding hydrogens is 254 g/mol. The number of hydrogen-bond donors (Lipinski definition) is 1. The quantitative estimate of drug-likeness (QED) is 0.665. The van der Waals surface area contributed by atoms with E-state index in [2.05, 4.69) is 39.0 Å². The van der Waals surface area contributed by atoms with Gasteiger partial charge in [-0.15, -0.1) is 0 Å². The van der Waals surface area contributed by atoms with Crippen molar-refractivity contribution in [2.24, 2.45) is 0 Å². The lowest BCUT2D eigenvalue weighted by atomic mass is 10.2. The zero-order chi connectivity index (χ0) is 14.8. The highest BCUT2D eigenvalue weighted by atomic mass is 16.5. The topological polar surface area (TPSA) is 63.2 Å². The lowest BCUT2D eigenvalue weighted by Gasteiger charge is -2.18. The lowest BCUT2D eigenvalue weighted by Crippen LogP contribution is -2.22. The van der Waals surface area contributed by atoms with Crippen molar-refractivity contribution in [3.8, 4) is 6.01 Å². The highest BCUT2D eigenvalue weighted by Crippen LogP contribution is 2.14. The Morgan fingerprint density at radius 1 is 1.05 bits per heavy atom. The predicted octanol–water partition coefficient (Wildman–Crippen LogP) is 2.72. The average molecular weight is 281 g/mol. The Kier molecular flexibility index (Phi) is 7.69. The van der Waals surface area contributed by atoms with Crippen molar-refractivity contribution < 1.29 is 4.74 Å². The number of unbranched alkanes of at least 4 members (excludes halogenated alkanes) is 2. The second kappa shape index (κ2) is 9.34. The maximum absolute atomic E-state index is 5.41. The summed E-state index contributed by atoms with van der Waals surface area (Å²) in [7, 11) is 2.00. The van der Waals surface area contributed by atoms with E-state index < -0.39 is 0 Å². The number of rotatable bonds is 10. The number of nitrogens with zero attached hydrogens (tertiary/aromatic N) is 4. The summed E-state index contributed by atoms with van der Waals surface area (Å²) in [6.07, 6.45) is 4.59. The normalized spacial score (nSPS) is 10.4. The first-order valence-electron chi connectivity index (χ1n) is 7.55. The van der Waals surface area contributed by atoms with Gasteiger partial charge in [0.1, 0.15) is 0 Å². The van der Waals surface area contributed by atoms with Gasteiger partial charge in [0.05, 0.1) is 6.61 Å². The predicted molar refractivity (Wildman–Crippen MR) is 82.6 cm³/mol. The van der Waals surface area contributed by atoms with Crippen LogP contribution in [0.15, 0.2) is 0 Å². The van der Waals surface area contributed by atoms with Crippen LogP contribution in [0.2, 0.25) is 0 Å². The third-order valence-electron chi connectivity index (χ3n) is 2.85. The number of aromatic nitrogens is 3. The van der Waals surface area contributed by atoms with Crippen molar-refractivity contribution in [2.45, 2.75) is 46.5 Å². The van der Waals surface area contributed by atoms with E-state index in [1.165, 1.54) is 12.8 Å². The highest BCUT2D eigenvalue weighted by Gasteiger charge is 2.10. The molecule has 20 heavy (non-hydrogen) atoms. The van der Waals surface area contributed by atoms with Gasteiger partial charge in [0.25, 0.3) is 0 Å². The molecule has 0 fully saturated rings. The molecule has 6 nitrogen and oxygen atoms in total. The monoisotopic (exact) mass is 281 g/mol. The first-order valence-corrected chi connectivity index (χ1v) is 7.55.